The molecule has 22 heavy (non-hydrogen) atoms. The van der Waals surface area contributed by atoms with Crippen molar-refractivity contribution in [2.75, 3.05) is 0 Å². The van der Waals surface area contributed by atoms with Gasteiger partial charge < -0.3 is 0 Å². The zero-order valence-electron chi connectivity index (χ0n) is 11.6. The first-order valence-corrected chi connectivity index (χ1v) is 7.10. The maximum absolute atomic E-state index is 11.9. The molecule has 0 fully saturated rings. The second kappa shape index (κ2) is 6.95. The van der Waals surface area contributed by atoms with Crippen LogP contribution in [0.25, 0.3) is 0 Å². The molecule has 0 radical (unpaired) electrons. The van der Waals surface area contributed by atoms with Gasteiger partial charge in [-0.2, -0.15) is 5.10 Å². The zero-order chi connectivity index (χ0) is 16.1. The molecule has 0 aliphatic carbocycles. The molecule has 0 heterocycles. The van der Waals surface area contributed by atoms with Crippen LogP contribution in [0.2, 0.25) is 0 Å². The lowest BCUT2D eigenvalue weighted by atomic mass is 10.1. The molecule has 7 heteroatoms. The molecule has 6 nitrogen and oxygen atoms in total. The number of rotatable bonds is 4. The molecule has 1 amide bonds. The highest BCUT2D eigenvalue weighted by atomic mass is 79.9. The van der Waals surface area contributed by atoms with Gasteiger partial charge in [0.1, 0.15) is 0 Å². The summed E-state index contributed by atoms with van der Waals surface area (Å²) in [6.07, 6.45) is 1.49. The zero-order valence-corrected chi connectivity index (χ0v) is 13.2. The Balaban J connectivity index is 2.08. The molecule has 2 aromatic rings. The number of halogens is 1. The maximum Gasteiger partial charge on any atom is 0.273 e. The summed E-state index contributed by atoms with van der Waals surface area (Å²) in [5.74, 6) is -0.503. The minimum atomic E-state index is -0.517. The molecule has 0 spiro atoms. The van der Waals surface area contributed by atoms with Crippen LogP contribution in [0.3, 0.4) is 0 Å². The van der Waals surface area contributed by atoms with Crippen LogP contribution < -0.4 is 5.43 Å². The van der Waals surface area contributed by atoms with E-state index in [9.17, 15) is 14.9 Å². The van der Waals surface area contributed by atoms with Crippen molar-refractivity contribution < 1.29 is 9.72 Å². The molecule has 0 bridgehead atoms. The van der Waals surface area contributed by atoms with Gasteiger partial charge in [0, 0.05) is 21.7 Å². The maximum atomic E-state index is 11.9. The van der Waals surface area contributed by atoms with Gasteiger partial charge in [-0.25, -0.2) is 5.43 Å². The number of nitro benzene ring substituents is 1. The quantitative estimate of drug-likeness (QED) is 0.514. The first kappa shape index (κ1) is 15.8. The number of carbonyl (C=O) groups is 1. The van der Waals surface area contributed by atoms with Gasteiger partial charge in [-0.3, -0.25) is 14.9 Å². The fraction of sp³-hybridized carbons (Fsp3) is 0.0667. The third kappa shape index (κ3) is 3.98. The predicted octanol–water partition coefficient (Wildman–Crippen LogP) is 3.43. The second-order valence-electron chi connectivity index (χ2n) is 4.51. The highest BCUT2D eigenvalue weighted by Crippen LogP contribution is 2.19. The molecule has 1 N–H and O–H groups in total. The highest BCUT2D eigenvalue weighted by Gasteiger charge is 2.14. The van der Waals surface area contributed by atoms with Crippen LogP contribution in [0, 0.1) is 17.0 Å². The van der Waals surface area contributed by atoms with Crippen LogP contribution in [0.1, 0.15) is 21.5 Å². The number of nitrogens with one attached hydrogen (secondary N) is 1. The summed E-state index contributed by atoms with van der Waals surface area (Å²) in [5, 5.41) is 14.7. The Morgan fingerprint density at radius 1 is 1.27 bits per heavy atom. The van der Waals surface area contributed by atoms with Crippen LogP contribution in [0.4, 0.5) is 5.69 Å². The van der Waals surface area contributed by atoms with E-state index in [0.717, 1.165) is 10.0 Å². The average Bonchev–Trinajstić information content (AvgIpc) is 2.49. The number of nitrogens with zero attached hydrogens (tertiary/aromatic N) is 2. The number of hydrogen-bond acceptors (Lipinski definition) is 4. The number of aryl methyl sites for hydroxylation is 1. The van der Waals surface area contributed by atoms with Crippen molar-refractivity contribution in [3.8, 4) is 0 Å². The van der Waals surface area contributed by atoms with Crippen molar-refractivity contribution in [3.05, 3.63) is 73.7 Å². The Morgan fingerprint density at radius 2 is 1.95 bits per heavy atom. The monoisotopic (exact) mass is 361 g/mol. The van der Waals surface area contributed by atoms with Crippen molar-refractivity contribution in [2.24, 2.45) is 5.10 Å². The fourth-order valence-corrected chi connectivity index (χ4v) is 1.99. The van der Waals surface area contributed by atoms with E-state index in [1.54, 1.807) is 6.92 Å². The van der Waals surface area contributed by atoms with Crippen molar-refractivity contribution in [1.82, 2.24) is 5.43 Å². The predicted molar refractivity (Wildman–Crippen MR) is 87.0 cm³/mol. The molecule has 0 saturated heterocycles. The summed E-state index contributed by atoms with van der Waals surface area (Å²) in [5.41, 5.74) is 3.75. The molecular weight excluding hydrogens is 350 g/mol. The Morgan fingerprint density at radius 3 is 2.59 bits per heavy atom. The summed E-state index contributed by atoms with van der Waals surface area (Å²) in [6, 6.07) is 11.7. The lowest BCUT2D eigenvalue weighted by Crippen LogP contribution is -2.17. The number of hydrogen-bond donors (Lipinski definition) is 1. The lowest BCUT2D eigenvalue weighted by Gasteiger charge is -2.02. The van der Waals surface area contributed by atoms with Gasteiger partial charge in [0.25, 0.3) is 11.6 Å². The molecular formula is C15H12BrN3O3. The summed E-state index contributed by atoms with van der Waals surface area (Å²) in [7, 11) is 0. The van der Waals surface area contributed by atoms with E-state index < -0.39 is 10.8 Å². The Bertz CT molecular complexity index is 742. The van der Waals surface area contributed by atoms with E-state index >= 15 is 0 Å². The molecule has 0 atom stereocenters. The second-order valence-corrected chi connectivity index (χ2v) is 5.42. The molecule has 2 rings (SSSR count). The molecule has 0 aliphatic rings. The van der Waals surface area contributed by atoms with E-state index in [1.165, 1.54) is 24.4 Å². The molecule has 2 aromatic carbocycles. The van der Waals surface area contributed by atoms with Crippen LogP contribution in [0.15, 0.2) is 52.0 Å². The number of nitro groups is 1. The third-order valence-electron chi connectivity index (χ3n) is 2.92. The molecule has 0 aromatic heterocycles. The minimum Gasteiger partial charge on any atom is -0.267 e. The molecule has 0 saturated carbocycles. The Labute approximate surface area is 135 Å². The van der Waals surface area contributed by atoms with Crippen molar-refractivity contribution >= 4 is 33.7 Å². The van der Waals surface area contributed by atoms with Gasteiger partial charge in [0.15, 0.2) is 0 Å². The number of benzene rings is 2. The summed E-state index contributed by atoms with van der Waals surface area (Å²) >= 11 is 3.32. The number of hydrazone groups is 1. The van der Waals surface area contributed by atoms with Crippen molar-refractivity contribution in [3.63, 3.8) is 0 Å². The topological polar surface area (TPSA) is 84.6 Å². The smallest absolute Gasteiger partial charge is 0.267 e. The van der Waals surface area contributed by atoms with E-state index in [-0.39, 0.29) is 11.3 Å². The van der Waals surface area contributed by atoms with E-state index in [4.69, 9.17) is 0 Å². The van der Waals surface area contributed by atoms with Gasteiger partial charge in [-0.15, -0.1) is 0 Å². The highest BCUT2D eigenvalue weighted by molar-refractivity contribution is 9.10. The molecule has 0 unspecified atom stereocenters. The van der Waals surface area contributed by atoms with Gasteiger partial charge in [0.2, 0.25) is 0 Å². The normalized spacial score (nSPS) is 10.6. The third-order valence-corrected chi connectivity index (χ3v) is 3.45. The van der Waals surface area contributed by atoms with E-state index in [0.29, 0.717) is 5.56 Å². The largest absolute Gasteiger partial charge is 0.273 e. The minimum absolute atomic E-state index is 0.0930. The molecule has 112 valence electrons. The van der Waals surface area contributed by atoms with E-state index in [1.807, 2.05) is 24.3 Å². The van der Waals surface area contributed by atoms with Gasteiger partial charge >= 0.3 is 0 Å². The average molecular weight is 362 g/mol. The van der Waals surface area contributed by atoms with Crippen LogP contribution in [0.5, 0.6) is 0 Å². The van der Waals surface area contributed by atoms with Crippen molar-refractivity contribution in [1.29, 1.82) is 0 Å². The number of amides is 1. The summed E-state index contributed by atoms with van der Waals surface area (Å²) < 4.78 is 0.945. The molecule has 0 aliphatic heterocycles. The van der Waals surface area contributed by atoms with Crippen LogP contribution in [-0.2, 0) is 0 Å². The van der Waals surface area contributed by atoms with Gasteiger partial charge in [-0.05, 0) is 30.7 Å². The SMILES string of the molecule is Cc1ccc(C(=O)NN=Cc2ccc(Br)cc2)cc1[N+](=O)[O-]. The summed E-state index contributed by atoms with van der Waals surface area (Å²) in [6.45, 7) is 1.62. The fourth-order valence-electron chi connectivity index (χ4n) is 1.73. The van der Waals surface area contributed by atoms with Crippen LogP contribution in [-0.4, -0.2) is 17.0 Å². The number of carbonyl (C=O) groups excluding carboxylic acids is 1. The first-order chi connectivity index (χ1) is 10.5. The summed E-state index contributed by atoms with van der Waals surface area (Å²) in [4.78, 5) is 22.3. The van der Waals surface area contributed by atoms with Crippen LogP contribution >= 0.6 is 15.9 Å². The Hall–Kier alpha value is -2.54. The van der Waals surface area contributed by atoms with Gasteiger partial charge in [0.05, 0.1) is 11.1 Å². The Kier molecular flexibility index (Phi) is 5.00. The van der Waals surface area contributed by atoms with Gasteiger partial charge in [-0.1, -0.05) is 34.1 Å². The lowest BCUT2D eigenvalue weighted by molar-refractivity contribution is -0.385. The standard InChI is InChI=1S/C15H12BrN3O3/c1-10-2-5-12(8-14(10)19(21)22)15(20)18-17-9-11-3-6-13(16)7-4-11/h2-9H,1H3,(H,18,20). The van der Waals surface area contributed by atoms with Crippen molar-refractivity contribution in [2.45, 2.75) is 6.92 Å². The van der Waals surface area contributed by atoms with E-state index in [2.05, 4.69) is 26.5 Å². The first-order valence-electron chi connectivity index (χ1n) is 6.31.